The molecule has 0 saturated carbocycles. The molecule has 0 aromatic heterocycles. The van der Waals surface area contributed by atoms with Crippen LogP contribution in [0.1, 0.15) is 16.8 Å². The van der Waals surface area contributed by atoms with E-state index in [0.717, 1.165) is 13.0 Å². The van der Waals surface area contributed by atoms with Crippen LogP contribution < -0.4 is 15.8 Å². The van der Waals surface area contributed by atoms with Crippen LogP contribution >= 0.6 is 0 Å². The fourth-order valence-corrected chi connectivity index (χ4v) is 2.04. The third kappa shape index (κ3) is 2.73. The molecule has 1 aliphatic rings. The zero-order valence-electron chi connectivity index (χ0n) is 10.4. The molecule has 0 spiro atoms. The van der Waals surface area contributed by atoms with Crippen LogP contribution in [0.15, 0.2) is 18.2 Å². The number of para-hydroxylation sites is 1. The van der Waals surface area contributed by atoms with Gasteiger partial charge in [-0.3, -0.25) is 4.79 Å². The van der Waals surface area contributed by atoms with E-state index in [2.05, 4.69) is 5.32 Å². The monoisotopic (exact) mass is 250 g/mol. The van der Waals surface area contributed by atoms with Gasteiger partial charge >= 0.3 is 0 Å². The predicted molar refractivity (Wildman–Crippen MR) is 68.7 cm³/mol. The van der Waals surface area contributed by atoms with Crippen LogP contribution in [0, 0.1) is 5.92 Å². The van der Waals surface area contributed by atoms with E-state index in [1.807, 2.05) is 0 Å². The summed E-state index contributed by atoms with van der Waals surface area (Å²) in [5.74, 6) is 0.671. The van der Waals surface area contributed by atoms with Gasteiger partial charge in [-0.1, -0.05) is 6.07 Å². The first kappa shape index (κ1) is 12.7. The minimum absolute atomic E-state index is 0.161. The van der Waals surface area contributed by atoms with Crippen molar-refractivity contribution in [3.63, 3.8) is 0 Å². The van der Waals surface area contributed by atoms with E-state index in [-0.39, 0.29) is 5.91 Å². The van der Waals surface area contributed by atoms with Crippen LogP contribution in [0.25, 0.3) is 0 Å². The first-order chi connectivity index (χ1) is 8.72. The van der Waals surface area contributed by atoms with Crippen molar-refractivity contribution >= 4 is 11.6 Å². The molecule has 1 aliphatic heterocycles. The van der Waals surface area contributed by atoms with E-state index in [1.165, 1.54) is 7.11 Å². The Kier molecular flexibility index (Phi) is 4.04. The Balaban J connectivity index is 2.01. The molecule has 18 heavy (non-hydrogen) atoms. The zero-order valence-corrected chi connectivity index (χ0v) is 10.4. The molecule has 2 rings (SSSR count). The Bertz CT molecular complexity index is 428. The van der Waals surface area contributed by atoms with Crippen molar-refractivity contribution in [1.29, 1.82) is 0 Å². The molecule has 1 unspecified atom stereocenters. The lowest BCUT2D eigenvalue weighted by Gasteiger charge is -2.13. The van der Waals surface area contributed by atoms with E-state index in [0.29, 0.717) is 36.1 Å². The predicted octanol–water partition coefficient (Wildman–Crippen LogP) is 1.04. The number of nitrogen functional groups attached to an aromatic ring is 1. The van der Waals surface area contributed by atoms with Gasteiger partial charge in [0.05, 0.1) is 25.0 Å². The highest BCUT2D eigenvalue weighted by atomic mass is 16.5. The third-order valence-corrected chi connectivity index (χ3v) is 3.07. The second kappa shape index (κ2) is 5.73. The third-order valence-electron chi connectivity index (χ3n) is 3.07. The van der Waals surface area contributed by atoms with Crippen molar-refractivity contribution in [2.75, 3.05) is 32.6 Å². The van der Waals surface area contributed by atoms with Crippen molar-refractivity contribution in [3.05, 3.63) is 23.8 Å². The molecule has 1 fully saturated rings. The number of hydrogen-bond donors (Lipinski definition) is 2. The summed E-state index contributed by atoms with van der Waals surface area (Å²) < 4.78 is 10.4. The molecule has 1 aromatic rings. The Hall–Kier alpha value is -1.75. The molecular formula is C13H18N2O3. The van der Waals surface area contributed by atoms with Crippen LogP contribution in [-0.2, 0) is 4.74 Å². The maximum absolute atomic E-state index is 12.0. The summed E-state index contributed by atoms with van der Waals surface area (Å²) in [6.07, 6.45) is 0.994. The molecule has 5 heteroatoms. The Morgan fingerprint density at radius 2 is 2.44 bits per heavy atom. The number of anilines is 1. The molecular weight excluding hydrogens is 232 g/mol. The summed E-state index contributed by atoms with van der Waals surface area (Å²) in [5, 5.41) is 2.89. The fraction of sp³-hybridized carbons (Fsp3) is 0.462. The van der Waals surface area contributed by atoms with Gasteiger partial charge in [-0.05, 0) is 18.6 Å². The molecule has 1 heterocycles. The molecule has 0 bridgehead atoms. The number of ether oxygens (including phenoxy) is 2. The van der Waals surface area contributed by atoms with Crippen LogP contribution in [0.4, 0.5) is 5.69 Å². The largest absolute Gasteiger partial charge is 0.494 e. The first-order valence-electron chi connectivity index (χ1n) is 6.00. The minimum Gasteiger partial charge on any atom is -0.494 e. The summed E-state index contributed by atoms with van der Waals surface area (Å²) >= 11 is 0. The van der Waals surface area contributed by atoms with Gasteiger partial charge in [-0.15, -0.1) is 0 Å². The quantitative estimate of drug-likeness (QED) is 0.783. The summed E-state index contributed by atoms with van der Waals surface area (Å²) in [6.45, 7) is 2.12. The molecule has 1 amide bonds. The van der Waals surface area contributed by atoms with E-state index in [4.69, 9.17) is 15.2 Å². The van der Waals surface area contributed by atoms with Crippen LogP contribution in [0.2, 0.25) is 0 Å². The maximum Gasteiger partial charge on any atom is 0.255 e. The number of rotatable bonds is 4. The van der Waals surface area contributed by atoms with E-state index in [1.54, 1.807) is 18.2 Å². The highest BCUT2D eigenvalue weighted by molar-refractivity contribution is 5.98. The van der Waals surface area contributed by atoms with Crippen LogP contribution in [-0.4, -0.2) is 32.8 Å². The van der Waals surface area contributed by atoms with Crippen molar-refractivity contribution in [1.82, 2.24) is 5.32 Å². The van der Waals surface area contributed by atoms with Gasteiger partial charge in [-0.25, -0.2) is 0 Å². The number of benzene rings is 1. The van der Waals surface area contributed by atoms with Gasteiger partial charge in [0.2, 0.25) is 0 Å². The number of nitrogens with one attached hydrogen (secondary N) is 1. The van der Waals surface area contributed by atoms with E-state index >= 15 is 0 Å². The Morgan fingerprint density at radius 3 is 3.11 bits per heavy atom. The lowest BCUT2D eigenvalue weighted by molar-refractivity contribution is 0.0942. The lowest BCUT2D eigenvalue weighted by Crippen LogP contribution is -2.29. The summed E-state index contributed by atoms with van der Waals surface area (Å²) in [5.41, 5.74) is 6.70. The second-order valence-electron chi connectivity index (χ2n) is 4.37. The van der Waals surface area contributed by atoms with Gasteiger partial charge in [0, 0.05) is 19.1 Å². The minimum atomic E-state index is -0.161. The molecule has 1 saturated heterocycles. The number of carbonyl (C=O) groups excluding carboxylic acids is 1. The Labute approximate surface area is 106 Å². The van der Waals surface area contributed by atoms with Crippen molar-refractivity contribution < 1.29 is 14.3 Å². The zero-order chi connectivity index (χ0) is 13.0. The number of methoxy groups -OCH3 is 1. The highest BCUT2D eigenvalue weighted by Gasteiger charge is 2.18. The van der Waals surface area contributed by atoms with Crippen molar-refractivity contribution in [3.8, 4) is 5.75 Å². The molecule has 5 nitrogen and oxygen atoms in total. The topological polar surface area (TPSA) is 73.6 Å². The normalized spacial score (nSPS) is 18.6. The summed E-state index contributed by atoms with van der Waals surface area (Å²) in [6, 6.07) is 5.15. The second-order valence-corrected chi connectivity index (χ2v) is 4.37. The molecule has 1 aromatic carbocycles. The number of carbonyl (C=O) groups is 1. The molecule has 98 valence electrons. The standard InChI is InChI=1S/C13H18N2O3/c1-17-12-10(3-2-4-11(12)14)13(16)15-7-9-5-6-18-8-9/h2-4,9H,5-8,14H2,1H3,(H,15,16). The van der Waals surface area contributed by atoms with Gasteiger partial charge in [-0.2, -0.15) is 0 Å². The van der Waals surface area contributed by atoms with Gasteiger partial charge in [0.25, 0.3) is 5.91 Å². The van der Waals surface area contributed by atoms with Crippen molar-refractivity contribution in [2.45, 2.75) is 6.42 Å². The van der Waals surface area contributed by atoms with Crippen LogP contribution in [0.5, 0.6) is 5.75 Å². The molecule has 0 radical (unpaired) electrons. The summed E-state index contributed by atoms with van der Waals surface area (Å²) in [7, 11) is 1.51. The highest BCUT2D eigenvalue weighted by Crippen LogP contribution is 2.25. The average molecular weight is 250 g/mol. The summed E-state index contributed by atoms with van der Waals surface area (Å²) in [4.78, 5) is 12.0. The number of amides is 1. The first-order valence-corrected chi connectivity index (χ1v) is 6.00. The SMILES string of the molecule is COc1c(N)cccc1C(=O)NCC1CCOC1. The fourth-order valence-electron chi connectivity index (χ4n) is 2.04. The number of nitrogens with two attached hydrogens (primary N) is 1. The van der Waals surface area contributed by atoms with Crippen LogP contribution in [0.3, 0.4) is 0 Å². The van der Waals surface area contributed by atoms with E-state index in [9.17, 15) is 4.79 Å². The number of hydrogen-bond acceptors (Lipinski definition) is 4. The lowest BCUT2D eigenvalue weighted by atomic mass is 10.1. The molecule has 1 atom stereocenters. The maximum atomic E-state index is 12.0. The van der Waals surface area contributed by atoms with Gasteiger partial charge in [0.15, 0.2) is 5.75 Å². The molecule has 0 aliphatic carbocycles. The average Bonchev–Trinajstić information content (AvgIpc) is 2.88. The smallest absolute Gasteiger partial charge is 0.255 e. The Morgan fingerprint density at radius 1 is 1.61 bits per heavy atom. The van der Waals surface area contributed by atoms with Crippen molar-refractivity contribution in [2.24, 2.45) is 5.92 Å². The van der Waals surface area contributed by atoms with Gasteiger partial charge in [0.1, 0.15) is 0 Å². The molecule has 3 N–H and O–H groups in total. The van der Waals surface area contributed by atoms with E-state index < -0.39 is 0 Å². The van der Waals surface area contributed by atoms with Gasteiger partial charge < -0.3 is 20.5 Å².